The molecule has 5 nitrogen and oxygen atoms in total. The van der Waals surface area contributed by atoms with Crippen molar-refractivity contribution in [2.24, 2.45) is 0 Å². The average molecular weight is 281 g/mol. The lowest BCUT2D eigenvalue weighted by Crippen LogP contribution is -2.22. The normalized spacial score (nSPS) is 13.3. The zero-order valence-electron chi connectivity index (χ0n) is 10.7. The first-order chi connectivity index (χ1) is 9.02. The number of benzene rings is 1. The molecule has 6 heteroatoms. The zero-order chi connectivity index (χ0) is 14.3. The van der Waals surface area contributed by atoms with E-state index in [1.165, 1.54) is 11.0 Å². The molecule has 0 aliphatic carbocycles. The molecule has 0 bridgehead atoms. The molecule has 1 unspecified atom stereocenters. The van der Waals surface area contributed by atoms with Gasteiger partial charge in [0, 0.05) is 19.7 Å². The molecule has 0 fully saturated rings. The summed E-state index contributed by atoms with van der Waals surface area (Å²) in [5.41, 5.74) is 1.24. The lowest BCUT2D eigenvalue weighted by molar-refractivity contribution is -0.122. The summed E-state index contributed by atoms with van der Waals surface area (Å²) < 4.78 is 14.8. The van der Waals surface area contributed by atoms with Crippen LogP contribution in [-0.2, 0) is 13.9 Å². The van der Waals surface area contributed by atoms with Crippen molar-refractivity contribution in [2.45, 2.75) is 0 Å². The SMILES string of the molecule is CN(C)C(=O)/C(=C\C=C\O[PH](=O)O)c1ccccc1. The van der Waals surface area contributed by atoms with Gasteiger partial charge in [-0.2, -0.15) is 0 Å². The van der Waals surface area contributed by atoms with Gasteiger partial charge in [0.2, 0.25) is 0 Å². The van der Waals surface area contributed by atoms with Gasteiger partial charge >= 0.3 is 8.25 Å². The molecule has 0 aliphatic rings. The van der Waals surface area contributed by atoms with E-state index in [9.17, 15) is 9.36 Å². The Bertz CT molecular complexity index is 509. The van der Waals surface area contributed by atoms with Crippen molar-refractivity contribution >= 4 is 19.7 Å². The van der Waals surface area contributed by atoms with E-state index in [-0.39, 0.29) is 5.91 Å². The molecule has 1 amide bonds. The van der Waals surface area contributed by atoms with Crippen LogP contribution < -0.4 is 0 Å². The predicted molar refractivity (Wildman–Crippen MR) is 74.6 cm³/mol. The van der Waals surface area contributed by atoms with Gasteiger partial charge in [-0.15, -0.1) is 0 Å². The van der Waals surface area contributed by atoms with Gasteiger partial charge in [-0.25, -0.2) is 4.57 Å². The number of hydrogen-bond acceptors (Lipinski definition) is 3. The molecule has 0 saturated carbocycles. The van der Waals surface area contributed by atoms with E-state index in [0.29, 0.717) is 5.57 Å². The molecule has 0 spiro atoms. The molecule has 0 heterocycles. The van der Waals surface area contributed by atoms with Crippen molar-refractivity contribution in [3.63, 3.8) is 0 Å². The van der Waals surface area contributed by atoms with Gasteiger partial charge in [-0.3, -0.25) is 4.79 Å². The van der Waals surface area contributed by atoms with Crippen LogP contribution in [0.25, 0.3) is 5.57 Å². The van der Waals surface area contributed by atoms with Crippen LogP contribution in [-0.4, -0.2) is 29.8 Å². The average Bonchev–Trinajstić information content (AvgIpc) is 2.38. The summed E-state index contributed by atoms with van der Waals surface area (Å²) >= 11 is 0. The zero-order valence-corrected chi connectivity index (χ0v) is 11.7. The summed E-state index contributed by atoms with van der Waals surface area (Å²) in [5, 5.41) is 0. The second kappa shape index (κ2) is 7.56. The molecule has 1 rings (SSSR count). The Labute approximate surface area is 112 Å². The number of carbonyl (C=O) groups is 1. The maximum Gasteiger partial charge on any atom is 0.364 e. The first-order valence-electron chi connectivity index (χ1n) is 5.56. The van der Waals surface area contributed by atoms with Crippen LogP contribution in [0.3, 0.4) is 0 Å². The molecule has 1 atom stereocenters. The van der Waals surface area contributed by atoms with Gasteiger partial charge in [-0.1, -0.05) is 30.3 Å². The second-order valence-corrected chi connectivity index (χ2v) is 4.63. The number of allylic oxidation sites excluding steroid dienone is 2. The summed E-state index contributed by atoms with van der Waals surface area (Å²) in [6.07, 6.45) is 4.05. The van der Waals surface area contributed by atoms with E-state index >= 15 is 0 Å². The number of likely N-dealkylation sites (N-methyl/N-ethyl adjacent to an activating group) is 1. The number of nitrogens with zero attached hydrogens (tertiary/aromatic N) is 1. The van der Waals surface area contributed by atoms with Crippen LogP contribution in [0.1, 0.15) is 5.56 Å². The van der Waals surface area contributed by atoms with Gasteiger partial charge in [0.25, 0.3) is 5.91 Å². The molecule has 0 aromatic heterocycles. The fourth-order valence-electron chi connectivity index (χ4n) is 1.38. The van der Waals surface area contributed by atoms with Crippen molar-refractivity contribution in [3.05, 3.63) is 54.3 Å². The first-order valence-corrected chi connectivity index (χ1v) is 6.82. The van der Waals surface area contributed by atoms with E-state index in [4.69, 9.17) is 4.89 Å². The third-order valence-corrected chi connectivity index (χ3v) is 2.57. The van der Waals surface area contributed by atoms with Crippen molar-refractivity contribution in [1.82, 2.24) is 4.90 Å². The third-order valence-electron chi connectivity index (χ3n) is 2.23. The lowest BCUT2D eigenvalue weighted by atomic mass is 10.0. The van der Waals surface area contributed by atoms with Gasteiger partial charge in [0.15, 0.2) is 0 Å². The largest absolute Gasteiger partial charge is 0.434 e. The molecule has 0 saturated heterocycles. The summed E-state index contributed by atoms with van der Waals surface area (Å²) in [6.45, 7) is 0. The quantitative estimate of drug-likeness (QED) is 0.388. The highest BCUT2D eigenvalue weighted by atomic mass is 31.1. The van der Waals surface area contributed by atoms with E-state index in [2.05, 4.69) is 4.52 Å². The van der Waals surface area contributed by atoms with Crippen molar-refractivity contribution in [2.75, 3.05) is 14.1 Å². The summed E-state index contributed by atoms with van der Waals surface area (Å²) in [4.78, 5) is 22.0. The summed E-state index contributed by atoms with van der Waals surface area (Å²) in [5.74, 6) is -0.160. The van der Waals surface area contributed by atoms with E-state index in [0.717, 1.165) is 11.8 Å². The minimum atomic E-state index is -2.99. The predicted octanol–water partition coefficient (Wildman–Crippen LogP) is 2.07. The molecular formula is C13H16NO4P. The molecular weight excluding hydrogens is 265 g/mol. The molecule has 19 heavy (non-hydrogen) atoms. The van der Waals surface area contributed by atoms with Crippen LogP contribution >= 0.6 is 8.25 Å². The molecule has 1 N–H and O–H groups in total. The van der Waals surface area contributed by atoms with Crippen LogP contribution in [0.5, 0.6) is 0 Å². The highest BCUT2D eigenvalue weighted by Crippen LogP contribution is 2.18. The molecule has 0 aliphatic heterocycles. The standard InChI is InChI=1S/C13H16NO4P/c1-14(2)13(15)12(9-6-10-18-19(16)17)11-7-4-3-5-8-11/h3-10,19H,1-2H3,(H,16,17)/b10-6+,12-9-. The van der Waals surface area contributed by atoms with Gasteiger partial charge < -0.3 is 14.3 Å². The van der Waals surface area contributed by atoms with Crippen molar-refractivity contribution in [1.29, 1.82) is 0 Å². The Balaban J connectivity index is 3.00. The summed E-state index contributed by atoms with van der Waals surface area (Å²) in [6, 6.07) is 9.16. The topological polar surface area (TPSA) is 66.8 Å². The number of hydrogen-bond donors (Lipinski definition) is 1. The Morgan fingerprint density at radius 2 is 1.95 bits per heavy atom. The number of rotatable bonds is 5. The van der Waals surface area contributed by atoms with E-state index < -0.39 is 8.25 Å². The molecule has 0 radical (unpaired) electrons. The highest BCUT2D eigenvalue weighted by molar-refractivity contribution is 7.32. The van der Waals surface area contributed by atoms with Crippen LogP contribution in [0.4, 0.5) is 0 Å². The van der Waals surface area contributed by atoms with Crippen molar-refractivity contribution in [3.8, 4) is 0 Å². The number of amides is 1. The summed E-state index contributed by atoms with van der Waals surface area (Å²) in [7, 11) is 0.323. The van der Waals surface area contributed by atoms with Gasteiger partial charge in [0.05, 0.1) is 6.26 Å². The Morgan fingerprint density at radius 1 is 1.32 bits per heavy atom. The van der Waals surface area contributed by atoms with Crippen LogP contribution in [0.2, 0.25) is 0 Å². The first kappa shape index (κ1) is 15.2. The lowest BCUT2D eigenvalue weighted by Gasteiger charge is -2.13. The minimum absolute atomic E-state index is 0.160. The molecule has 1 aromatic carbocycles. The minimum Gasteiger partial charge on any atom is -0.434 e. The Kier molecular flexibility index (Phi) is 6.06. The third kappa shape index (κ3) is 5.12. The maximum atomic E-state index is 12.0. The smallest absolute Gasteiger partial charge is 0.364 e. The maximum absolute atomic E-state index is 12.0. The Morgan fingerprint density at radius 3 is 2.47 bits per heavy atom. The molecule has 102 valence electrons. The monoisotopic (exact) mass is 281 g/mol. The Hall–Kier alpha value is -1.84. The van der Waals surface area contributed by atoms with E-state index in [1.54, 1.807) is 20.2 Å². The van der Waals surface area contributed by atoms with Crippen molar-refractivity contribution < 1.29 is 18.8 Å². The molecule has 1 aromatic rings. The number of carbonyl (C=O) groups excluding carboxylic acids is 1. The fourth-order valence-corrected chi connectivity index (χ4v) is 1.58. The van der Waals surface area contributed by atoms with Crippen LogP contribution in [0, 0.1) is 0 Å². The van der Waals surface area contributed by atoms with Gasteiger partial charge in [-0.05, 0) is 17.7 Å². The second-order valence-electron chi connectivity index (χ2n) is 3.86. The van der Waals surface area contributed by atoms with E-state index in [1.807, 2.05) is 30.3 Å². The highest BCUT2D eigenvalue weighted by Gasteiger charge is 2.12. The fraction of sp³-hybridized carbons (Fsp3) is 0.154. The van der Waals surface area contributed by atoms with Gasteiger partial charge in [0.1, 0.15) is 0 Å². The van der Waals surface area contributed by atoms with Crippen LogP contribution in [0.15, 0.2) is 48.7 Å².